The molecule has 0 radical (unpaired) electrons. The fourth-order valence-electron chi connectivity index (χ4n) is 2.64. The van der Waals surface area contributed by atoms with E-state index < -0.39 is 12.1 Å². The van der Waals surface area contributed by atoms with Crippen molar-refractivity contribution in [2.75, 3.05) is 12.4 Å². The summed E-state index contributed by atoms with van der Waals surface area (Å²) in [6.07, 6.45) is 0.993. The number of anilines is 1. The van der Waals surface area contributed by atoms with Crippen molar-refractivity contribution >= 4 is 28.5 Å². The fourth-order valence-corrected chi connectivity index (χ4v) is 2.64. The van der Waals surface area contributed by atoms with Gasteiger partial charge in [-0.2, -0.15) is 0 Å². The number of nitrogens with one attached hydrogen (secondary N) is 2. The van der Waals surface area contributed by atoms with Crippen LogP contribution in [0, 0.1) is 0 Å². The first-order valence-corrected chi connectivity index (χ1v) is 8.26. The Morgan fingerprint density at radius 3 is 2.58 bits per heavy atom. The second kappa shape index (κ2) is 7.74. The van der Waals surface area contributed by atoms with E-state index in [4.69, 9.17) is 9.47 Å². The van der Waals surface area contributed by atoms with Crippen LogP contribution in [0.25, 0.3) is 10.9 Å². The van der Waals surface area contributed by atoms with Gasteiger partial charge in [0.1, 0.15) is 5.75 Å². The molecule has 1 amide bonds. The summed E-state index contributed by atoms with van der Waals surface area (Å²) >= 11 is 0. The Hall–Kier alpha value is -3.28. The maximum Gasteiger partial charge on any atom is 0.311 e. The zero-order valence-electron chi connectivity index (χ0n) is 14.6. The number of esters is 1. The summed E-state index contributed by atoms with van der Waals surface area (Å²) in [5.41, 5.74) is 2.41. The molecule has 0 aliphatic heterocycles. The smallest absolute Gasteiger partial charge is 0.311 e. The lowest BCUT2D eigenvalue weighted by atomic mass is 10.1. The number of amides is 1. The number of carbonyl (C=O) groups is 2. The van der Waals surface area contributed by atoms with Crippen molar-refractivity contribution in [2.45, 2.75) is 19.4 Å². The van der Waals surface area contributed by atoms with Gasteiger partial charge in [0.05, 0.1) is 13.5 Å². The summed E-state index contributed by atoms with van der Waals surface area (Å²) in [5, 5.41) is 3.68. The number of rotatable bonds is 6. The van der Waals surface area contributed by atoms with Crippen LogP contribution < -0.4 is 10.1 Å². The number of hydrogen-bond acceptors (Lipinski definition) is 4. The monoisotopic (exact) mass is 352 g/mol. The standard InChI is InChI=1S/C20H20N2O4/c1-13(20(24)22-15-7-9-16(25-2)10-8-15)26-19(23)11-14-12-21-18-6-4-3-5-17(14)18/h3-10,12-13,21H,11H2,1-2H3,(H,22,24). The van der Waals surface area contributed by atoms with Gasteiger partial charge in [-0.15, -0.1) is 0 Å². The second-order valence-corrected chi connectivity index (χ2v) is 5.89. The molecule has 0 bridgehead atoms. The highest BCUT2D eigenvalue weighted by molar-refractivity contribution is 5.95. The van der Waals surface area contributed by atoms with E-state index in [2.05, 4.69) is 10.3 Å². The molecule has 3 rings (SSSR count). The molecule has 0 aliphatic rings. The number of methoxy groups -OCH3 is 1. The zero-order chi connectivity index (χ0) is 18.5. The molecule has 6 nitrogen and oxygen atoms in total. The predicted molar refractivity (Wildman–Crippen MR) is 99.2 cm³/mol. The molecular weight excluding hydrogens is 332 g/mol. The molecule has 0 saturated carbocycles. The van der Waals surface area contributed by atoms with Crippen molar-refractivity contribution in [3.8, 4) is 5.75 Å². The van der Waals surface area contributed by atoms with E-state index >= 15 is 0 Å². The van der Waals surface area contributed by atoms with Gasteiger partial charge in [0.15, 0.2) is 6.10 Å². The number of fused-ring (bicyclic) bond motifs is 1. The highest BCUT2D eigenvalue weighted by Crippen LogP contribution is 2.19. The Morgan fingerprint density at radius 1 is 1.12 bits per heavy atom. The number of ether oxygens (including phenoxy) is 2. The van der Waals surface area contributed by atoms with Crippen LogP contribution in [0.2, 0.25) is 0 Å². The first-order chi connectivity index (χ1) is 12.6. The Kier molecular flexibility index (Phi) is 5.22. The SMILES string of the molecule is COc1ccc(NC(=O)C(C)OC(=O)Cc2c[nH]c3ccccc23)cc1. The summed E-state index contributed by atoms with van der Waals surface area (Å²) in [6, 6.07) is 14.6. The molecule has 6 heteroatoms. The van der Waals surface area contributed by atoms with Gasteiger partial charge < -0.3 is 19.8 Å². The number of carbonyl (C=O) groups excluding carboxylic acids is 2. The van der Waals surface area contributed by atoms with Gasteiger partial charge in [-0.1, -0.05) is 18.2 Å². The van der Waals surface area contributed by atoms with Crippen molar-refractivity contribution < 1.29 is 19.1 Å². The third-order valence-electron chi connectivity index (χ3n) is 4.04. The third-order valence-corrected chi connectivity index (χ3v) is 4.04. The number of para-hydroxylation sites is 1. The van der Waals surface area contributed by atoms with E-state index in [0.29, 0.717) is 11.4 Å². The first kappa shape index (κ1) is 17.5. The predicted octanol–water partition coefficient (Wildman–Crippen LogP) is 3.29. The van der Waals surface area contributed by atoms with Gasteiger partial charge in [-0.25, -0.2) is 0 Å². The molecule has 0 saturated heterocycles. The molecule has 1 unspecified atom stereocenters. The maximum absolute atomic E-state index is 12.2. The van der Waals surface area contributed by atoms with Crippen LogP contribution >= 0.6 is 0 Å². The molecule has 0 aliphatic carbocycles. The molecule has 3 aromatic rings. The Bertz CT molecular complexity index is 915. The number of aromatic nitrogens is 1. The summed E-state index contributed by atoms with van der Waals surface area (Å²) < 4.78 is 10.3. The van der Waals surface area contributed by atoms with Crippen LogP contribution in [-0.4, -0.2) is 30.1 Å². The summed E-state index contributed by atoms with van der Waals surface area (Å²) in [4.78, 5) is 27.5. The van der Waals surface area contributed by atoms with Crippen molar-refractivity contribution in [2.24, 2.45) is 0 Å². The van der Waals surface area contributed by atoms with Crippen LogP contribution in [-0.2, 0) is 20.7 Å². The molecule has 26 heavy (non-hydrogen) atoms. The molecule has 0 fully saturated rings. The van der Waals surface area contributed by atoms with Crippen molar-refractivity contribution in [1.29, 1.82) is 0 Å². The van der Waals surface area contributed by atoms with Gasteiger partial charge in [0.25, 0.3) is 5.91 Å². The maximum atomic E-state index is 12.2. The molecule has 1 aromatic heterocycles. The van der Waals surface area contributed by atoms with E-state index in [1.807, 2.05) is 24.3 Å². The minimum Gasteiger partial charge on any atom is -0.497 e. The lowest BCUT2D eigenvalue weighted by molar-refractivity contribution is -0.152. The molecule has 134 valence electrons. The van der Waals surface area contributed by atoms with Crippen molar-refractivity contribution in [3.63, 3.8) is 0 Å². The van der Waals surface area contributed by atoms with Crippen LogP contribution in [0.3, 0.4) is 0 Å². The van der Waals surface area contributed by atoms with E-state index in [1.165, 1.54) is 0 Å². The van der Waals surface area contributed by atoms with Gasteiger partial charge in [0.2, 0.25) is 0 Å². The lowest BCUT2D eigenvalue weighted by Crippen LogP contribution is -2.30. The Balaban J connectivity index is 1.56. The average molecular weight is 352 g/mol. The van der Waals surface area contributed by atoms with Gasteiger partial charge in [-0.05, 0) is 42.8 Å². The first-order valence-electron chi connectivity index (χ1n) is 8.26. The molecule has 1 atom stereocenters. The van der Waals surface area contributed by atoms with Gasteiger partial charge in [0, 0.05) is 22.8 Å². The molecule has 2 aromatic carbocycles. The Labute approximate surface area is 151 Å². The molecule has 0 spiro atoms. The van der Waals surface area contributed by atoms with Crippen LogP contribution in [0.4, 0.5) is 5.69 Å². The quantitative estimate of drug-likeness (QED) is 0.667. The molecule has 1 heterocycles. The van der Waals surface area contributed by atoms with E-state index in [1.54, 1.807) is 44.5 Å². The van der Waals surface area contributed by atoms with E-state index in [0.717, 1.165) is 16.5 Å². The van der Waals surface area contributed by atoms with Crippen LogP contribution in [0.1, 0.15) is 12.5 Å². The topological polar surface area (TPSA) is 80.4 Å². The second-order valence-electron chi connectivity index (χ2n) is 5.89. The van der Waals surface area contributed by atoms with E-state index in [9.17, 15) is 9.59 Å². The van der Waals surface area contributed by atoms with Crippen LogP contribution in [0.15, 0.2) is 54.7 Å². The fraction of sp³-hybridized carbons (Fsp3) is 0.200. The third kappa shape index (κ3) is 4.03. The van der Waals surface area contributed by atoms with Gasteiger partial charge >= 0.3 is 5.97 Å². The largest absolute Gasteiger partial charge is 0.497 e. The minimum absolute atomic E-state index is 0.101. The molecule has 2 N–H and O–H groups in total. The molecular formula is C20H20N2O4. The van der Waals surface area contributed by atoms with Crippen molar-refractivity contribution in [1.82, 2.24) is 4.98 Å². The summed E-state index contributed by atoms with van der Waals surface area (Å²) in [6.45, 7) is 1.55. The highest BCUT2D eigenvalue weighted by Gasteiger charge is 2.19. The number of aromatic amines is 1. The highest BCUT2D eigenvalue weighted by atomic mass is 16.5. The zero-order valence-corrected chi connectivity index (χ0v) is 14.6. The van der Waals surface area contributed by atoms with Gasteiger partial charge in [-0.3, -0.25) is 9.59 Å². The number of H-pyrrole nitrogens is 1. The van der Waals surface area contributed by atoms with Crippen molar-refractivity contribution in [3.05, 3.63) is 60.3 Å². The summed E-state index contributed by atoms with van der Waals surface area (Å²) in [5.74, 6) is -0.143. The average Bonchev–Trinajstić information content (AvgIpc) is 3.05. The number of hydrogen-bond donors (Lipinski definition) is 2. The minimum atomic E-state index is -0.894. The number of benzene rings is 2. The normalized spacial score (nSPS) is 11.8. The van der Waals surface area contributed by atoms with E-state index in [-0.39, 0.29) is 12.3 Å². The summed E-state index contributed by atoms with van der Waals surface area (Å²) in [7, 11) is 1.57. The van der Waals surface area contributed by atoms with Crippen LogP contribution in [0.5, 0.6) is 5.75 Å². The lowest BCUT2D eigenvalue weighted by Gasteiger charge is -2.13. The Morgan fingerprint density at radius 2 is 1.85 bits per heavy atom.